The molecule has 2 aromatic rings. The second-order valence-electron chi connectivity index (χ2n) is 5.72. The molecule has 1 aliphatic rings. The number of anilines is 1. The first kappa shape index (κ1) is 14.5. The van der Waals surface area contributed by atoms with Gasteiger partial charge in [-0.05, 0) is 49.3 Å². The van der Waals surface area contributed by atoms with Gasteiger partial charge in [0.15, 0.2) is 11.5 Å². The maximum absolute atomic E-state index is 12.2. The van der Waals surface area contributed by atoms with E-state index in [-0.39, 0.29) is 23.5 Å². The van der Waals surface area contributed by atoms with E-state index in [9.17, 15) is 4.79 Å². The molecule has 0 bridgehead atoms. The Labute approximate surface area is 130 Å². The number of nitrogens with one attached hydrogen (secondary N) is 1. The minimum absolute atomic E-state index is 0.0962. The third kappa shape index (κ3) is 2.93. The number of carbonyl (C=O) groups is 1. The monoisotopic (exact) mass is 296 g/mol. The molecule has 1 aromatic heterocycles. The van der Waals surface area contributed by atoms with Crippen LogP contribution in [-0.4, -0.2) is 15.9 Å². The first-order chi connectivity index (χ1) is 10.6. The number of fused-ring (bicyclic) bond motifs is 1. The third-order valence-corrected chi connectivity index (χ3v) is 4.16. The standard InChI is InChI=1S/C17H20N4O/c1-11(21-17(22)15-16(18)20-9-8-19-15)13-7-6-12-4-2-3-5-14(12)10-13/h6-11H,2-5H2,1H3,(H2,18,20)(H,21,22)/t11-/m0/s1. The molecule has 1 heterocycles. The minimum atomic E-state index is -0.296. The van der Waals surface area contributed by atoms with E-state index in [4.69, 9.17) is 5.73 Å². The Hall–Kier alpha value is -2.43. The Bertz CT molecular complexity index is 699. The lowest BCUT2D eigenvalue weighted by atomic mass is 9.89. The minimum Gasteiger partial charge on any atom is -0.382 e. The van der Waals surface area contributed by atoms with Gasteiger partial charge in [0, 0.05) is 12.4 Å². The second-order valence-corrected chi connectivity index (χ2v) is 5.72. The summed E-state index contributed by atoms with van der Waals surface area (Å²) in [6.45, 7) is 1.97. The van der Waals surface area contributed by atoms with Gasteiger partial charge in [0.25, 0.3) is 5.91 Å². The number of nitrogens with zero attached hydrogens (tertiary/aromatic N) is 2. The molecule has 0 radical (unpaired) electrons. The van der Waals surface area contributed by atoms with Gasteiger partial charge < -0.3 is 11.1 Å². The Morgan fingerprint density at radius 1 is 1.18 bits per heavy atom. The van der Waals surface area contributed by atoms with Crippen LogP contribution in [0.1, 0.15) is 53.0 Å². The first-order valence-corrected chi connectivity index (χ1v) is 7.64. The van der Waals surface area contributed by atoms with Crippen molar-refractivity contribution >= 4 is 11.7 Å². The van der Waals surface area contributed by atoms with Gasteiger partial charge in [0.2, 0.25) is 0 Å². The Morgan fingerprint density at radius 3 is 2.68 bits per heavy atom. The van der Waals surface area contributed by atoms with E-state index in [0.29, 0.717) is 0 Å². The number of carbonyl (C=O) groups excluding carboxylic acids is 1. The van der Waals surface area contributed by atoms with Gasteiger partial charge >= 0.3 is 0 Å². The van der Waals surface area contributed by atoms with E-state index in [1.54, 1.807) is 0 Å². The number of aromatic nitrogens is 2. The summed E-state index contributed by atoms with van der Waals surface area (Å²) in [5.74, 6) is -0.145. The Kier molecular flexibility index (Phi) is 4.04. The zero-order valence-electron chi connectivity index (χ0n) is 12.7. The van der Waals surface area contributed by atoms with Gasteiger partial charge in [-0.25, -0.2) is 9.97 Å². The van der Waals surface area contributed by atoms with Crippen molar-refractivity contribution in [3.05, 3.63) is 53.0 Å². The SMILES string of the molecule is C[C@H](NC(=O)c1nccnc1N)c1ccc2c(c1)CCCC2. The van der Waals surface area contributed by atoms with Crippen LogP contribution < -0.4 is 11.1 Å². The van der Waals surface area contributed by atoms with Crippen LogP contribution in [0.5, 0.6) is 0 Å². The fourth-order valence-corrected chi connectivity index (χ4v) is 2.89. The van der Waals surface area contributed by atoms with Crippen LogP contribution in [0.15, 0.2) is 30.6 Å². The molecule has 0 saturated heterocycles. The average Bonchev–Trinajstić information content (AvgIpc) is 2.54. The number of rotatable bonds is 3. The number of benzene rings is 1. The maximum Gasteiger partial charge on any atom is 0.274 e. The highest BCUT2D eigenvalue weighted by Crippen LogP contribution is 2.25. The number of nitrogen functional groups attached to an aromatic ring is 1. The quantitative estimate of drug-likeness (QED) is 0.911. The van der Waals surface area contributed by atoms with Gasteiger partial charge in [-0.1, -0.05) is 18.2 Å². The lowest BCUT2D eigenvalue weighted by Crippen LogP contribution is -2.28. The maximum atomic E-state index is 12.2. The Morgan fingerprint density at radius 2 is 1.91 bits per heavy atom. The topological polar surface area (TPSA) is 80.9 Å². The smallest absolute Gasteiger partial charge is 0.274 e. The largest absolute Gasteiger partial charge is 0.382 e. The van der Waals surface area contributed by atoms with E-state index >= 15 is 0 Å². The lowest BCUT2D eigenvalue weighted by molar-refractivity contribution is 0.0935. The average molecular weight is 296 g/mol. The molecule has 5 nitrogen and oxygen atoms in total. The van der Waals surface area contributed by atoms with Crippen LogP contribution in [0, 0.1) is 0 Å². The van der Waals surface area contributed by atoms with Crippen LogP contribution in [0.3, 0.4) is 0 Å². The van der Waals surface area contributed by atoms with Crippen LogP contribution in [0.25, 0.3) is 0 Å². The zero-order chi connectivity index (χ0) is 15.5. The summed E-state index contributed by atoms with van der Waals surface area (Å²) < 4.78 is 0. The molecule has 114 valence electrons. The van der Waals surface area contributed by atoms with Gasteiger partial charge in [-0.2, -0.15) is 0 Å². The number of aryl methyl sites for hydroxylation is 2. The van der Waals surface area contributed by atoms with Gasteiger partial charge in [0.1, 0.15) is 0 Å². The summed E-state index contributed by atoms with van der Waals surface area (Å²) in [4.78, 5) is 20.1. The molecule has 1 aromatic carbocycles. The predicted molar refractivity (Wildman–Crippen MR) is 85.4 cm³/mol. The highest BCUT2D eigenvalue weighted by molar-refractivity contribution is 5.96. The summed E-state index contributed by atoms with van der Waals surface area (Å²) in [5.41, 5.74) is 9.82. The first-order valence-electron chi connectivity index (χ1n) is 7.64. The van der Waals surface area contributed by atoms with Crippen molar-refractivity contribution < 1.29 is 4.79 Å². The number of amides is 1. The summed E-state index contributed by atoms with van der Waals surface area (Å²) in [7, 11) is 0. The fraction of sp³-hybridized carbons (Fsp3) is 0.353. The molecular weight excluding hydrogens is 276 g/mol. The lowest BCUT2D eigenvalue weighted by Gasteiger charge is -2.20. The Balaban J connectivity index is 1.76. The molecule has 0 spiro atoms. The second kappa shape index (κ2) is 6.13. The molecule has 0 aliphatic heterocycles. The van der Waals surface area contributed by atoms with E-state index < -0.39 is 0 Å². The van der Waals surface area contributed by atoms with Crippen molar-refractivity contribution in [2.24, 2.45) is 0 Å². The highest BCUT2D eigenvalue weighted by Gasteiger charge is 2.17. The molecule has 3 N–H and O–H groups in total. The molecule has 0 fully saturated rings. The summed E-state index contributed by atoms with van der Waals surface area (Å²) in [6.07, 6.45) is 7.74. The van der Waals surface area contributed by atoms with Crippen LogP contribution in [-0.2, 0) is 12.8 Å². The predicted octanol–water partition coefficient (Wildman–Crippen LogP) is 2.43. The summed E-state index contributed by atoms with van der Waals surface area (Å²) in [5, 5.41) is 2.94. The number of hydrogen-bond donors (Lipinski definition) is 2. The summed E-state index contributed by atoms with van der Waals surface area (Å²) >= 11 is 0. The molecule has 5 heteroatoms. The molecular formula is C17H20N4O. The number of nitrogens with two attached hydrogens (primary N) is 1. The van der Waals surface area contributed by atoms with Crippen molar-refractivity contribution in [3.63, 3.8) is 0 Å². The van der Waals surface area contributed by atoms with Crippen molar-refractivity contribution in [1.82, 2.24) is 15.3 Å². The molecule has 22 heavy (non-hydrogen) atoms. The molecule has 1 amide bonds. The fourth-order valence-electron chi connectivity index (χ4n) is 2.89. The molecule has 0 saturated carbocycles. The van der Waals surface area contributed by atoms with Gasteiger partial charge in [0.05, 0.1) is 6.04 Å². The van der Waals surface area contributed by atoms with Crippen LogP contribution >= 0.6 is 0 Å². The van der Waals surface area contributed by atoms with Crippen molar-refractivity contribution in [2.45, 2.75) is 38.6 Å². The molecule has 1 aliphatic carbocycles. The molecule has 0 unspecified atom stereocenters. The van der Waals surface area contributed by atoms with Crippen LogP contribution in [0.2, 0.25) is 0 Å². The summed E-state index contributed by atoms with van der Waals surface area (Å²) in [6, 6.07) is 6.39. The van der Waals surface area contributed by atoms with Gasteiger partial charge in [-0.15, -0.1) is 0 Å². The van der Waals surface area contributed by atoms with Crippen molar-refractivity contribution in [2.75, 3.05) is 5.73 Å². The third-order valence-electron chi connectivity index (χ3n) is 4.16. The normalized spacial score (nSPS) is 15.0. The molecule has 3 rings (SSSR count). The van der Waals surface area contributed by atoms with Gasteiger partial charge in [-0.3, -0.25) is 4.79 Å². The van der Waals surface area contributed by atoms with E-state index in [1.807, 2.05) is 6.92 Å². The van der Waals surface area contributed by atoms with Crippen LogP contribution in [0.4, 0.5) is 5.82 Å². The van der Waals surface area contributed by atoms with E-state index in [1.165, 1.54) is 36.4 Å². The van der Waals surface area contributed by atoms with Crippen molar-refractivity contribution in [1.29, 1.82) is 0 Å². The molecule has 1 atom stereocenters. The highest BCUT2D eigenvalue weighted by atomic mass is 16.2. The van der Waals surface area contributed by atoms with Crippen molar-refractivity contribution in [3.8, 4) is 0 Å². The number of hydrogen-bond acceptors (Lipinski definition) is 4. The van der Waals surface area contributed by atoms with E-state index in [2.05, 4.69) is 33.5 Å². The zero-order valence-corrected chi connectivity index (χ0v) is 12.7. The van der Waals surface area contributed by atoms with E-state index in [0.717, 1.165) is 18.4 Å².